The summed E-state index contributed by atoms with van der Waals surface area (Å²) in [6, 6.07) is 5.83. The number of nitrogens with zero attached hydrogens (tertiary/aromatic N) is 1. The van der Waals surface area contributed by atoms with E-state index < -0.39 is 15.6 Å². The molecular formula is C15H20F2N2O3S. The molecular weight excluding hydrogens is 326 g/mol. The van der Waals surface area contributed by atoms with Crippen LogP contribution in [0.25, 0.3) is 0 Å². The number of nitrogens with two attached hydrogens (primary N) is 1. The van der Waals surface area contributed by atoms with E-state index in [0.717, 1.165) is 12.8 Å². The first-order valence-electron chi connectivity index (χ1n) is 7.46. The van der Waals surface area contributed by atoms with Gasteiger partial charge in [-0.1, -0.05) is 12.1 Å². The van der Waals surface area contributed by atoms with E-state index in [1.54, 1.807) is 12.1 Å². The molecule has 1 aliphatic rings. The molecule has 128 valence electrons. The first-order valence-corrected chi connectivity index (χ1v) is 9.01. The Morgan fingerprint density at radius 1 is 1.35 bits per heavy atom. The fourth-order valence-corrected chi connectivity index (χ4v) is 3.87. The molecule has 2 rings (SSSR count). The zero-order valence-corrected chi connectivity index (χ0v) is 13.4. The SMILES string of the molecule is NC(=O)CC[C@H]1CCCN(c2ccccc2S(=O)(=O)C(F)F)C1. The van der Waals surface area contributed by atoms with E-state index in [2.05, 4.69) is 0 Å². The minimum Gasteiger partial charge on any atom is -0.370 e. The van der Waals surface area contributed by atoms with Crippen LogP contribution < -0.4 is 10.6 Å². The summed E-state index contributed by atoms with van der Waals surface area (Å²) in [5.74, 6) is -3.62. The second kappa shape index (κ2) is 7.25. The molecule has 0 aromatic heterocycles. The maximum atomic E-state index is 12.9. The van der Waals surface area contributed by atoms with Crippen LogP contribution in [0.5, 0.6) is 0 Å². The third-order valence-electron chi connectivity index (χ3n) is 4.07. The summed E-state index contributed by atoms with van der Waals surface area (Å²) < 4.78 is 49.5. The van der Waals surface area contributed by atoms with Crippen LogP contribution in [-0.2, 0) is 14.6 Å². The monoisotopic (exact) mass is 346 g/mol. The summed E-state index contributed by atoms with van der Waals surface area (Å²) in [4.78, 5) is 12.4. The molecule has 0 unspecified atom stereocenters. The molecule has 23 heavy (non-hydrogen) atoms. The number of carbonyl (C=O) groups excluding carboxylic acids is 1. The number of hydrogen-bond donors (Lipinski definition) is 1. The molecule has 0 saturated carbocycles. The van der Waals surface area contributed by atoms with Crippen LogP contribution in [0, 0.1) is 5.92 Å². The summed E-state index contributed by atoms with van der Waals surface area (Å²) in [7, 11) is -4.65. The minimum absolute atomic E-state index is 0.193. The van der Waals surface area contributed by atoms with Crippen molar-refractivity contribution in [1.82, 2.24) is 0 Å². The van der Waals surface area contributed by atoms with Crippen molar-refractivity contribution >= 4 is 21.4 Å². The maximum Gasteiger partial charge on any atom is 0.341 e. The van der Waals surface area contributed by atoms with Crippen molar-refractivity contribution in [2.24, 2.45) is 11.7 Å². The van der Waals surface area contributed by atoms with Gasteiger partial charge in [0.25, 0.3) is 0 Å². The Morgan fingerprint density at radius 2 is 2.04 bits per heavy atom. The van der Waals surface area contributed by atoms with Crippen molar-refractivity contribution in [3.8, 4) is 0 Å². The predicted octanol–water partition coefficient (Wildman–Crippen LogP) is 2.16. The number of carbonyl (C=O) groups is 1. The molecule has 1 saturated heterocycles. The first kappa shape index (κ1) is 17.7. The highest BCUT2D eigenvalue weighted by molar-refractivity contribution is 7.91. The number of amides is 1. The molecule has 5 nitrogen and oxygen atoms in total. The number of piperidine rings is 1. The van der Waals surface area contributed by atoms with Crippen molar-refractivity contribution in [3.05, 3.63) is 24.3 Å². The average Bonchev–Trinajstić information content (AvgIpc) is 2.53. The van der Waals surface area contributed by atoms with Crippen molar-refractivity contribution < 1.29 is 22.0 Å². The molecule has 1 fully saturated rings. The average molecular weight is 346 g/mol. The summed E-state index contributed by atoms with van der Waals surface area (Å²) >= 11 is 0. The van der Waals surface area contributed by atoms with Gasteiger partial charge in [0.05, 0.1) is 10.6 Å². The molecule has 0 spiro atoms. The van der Waals surface area contributed by atoms with Gasteiger partial charge < -0.3 is 10.6 Å². The first-order chi connectivity index (χ1) is 10.8. The van der Waals surface area contributed by atoms with Gasteiger partial charge in [-0.25, -0.2) is 8.42 Å². The van der Waals surface area contributed by atoms with Crippen molar-refractivity contribution in [2.45, 2.75) is 36.3 Å². The van der Waals surface area contributed by atoms with Crippen LogP contribution in [0.4, 0.5) is 14.5 Å². The number of hydrogen-bond acceptors (Lipinski definition) is 4. The molecule has 1 aliphatic heterocycles. The van der Waals surface area contributed by atoms with Crippen LogP contribution in [0.15, 0.2) is 29.2 Å². The Bertz CT molecular complexity index is 664. The fraction of sp³-hybridized carbons (Fsp3) is 0.533. The van der Waals surface area contributed by atoms with Crippen molar-refractivity contribution in [3.63, 3.8) is 0 Å². The van der Waals surface area contributed by atoms with Crippen LogP contribution in [0.2, 0.25) is 0 Å². The number of rotatable bonds is 6. The molecule has 0 bridgehead atoms. The maximum absolute atomic E-state index is 12.9. The molecule has 1 heterocycles. The highest BCUT2D eigenvalue weighted by atomic mass is 32.2. The molecule has 0 radical (unpaired) electrons. The van der Waals surface area contributed by atoms with E-state index in [9.17, 15) is 22.0 Å². The Balaban J connectivity index is 2.23. The summed E-state index contributed by atoms with van der Waals surface area (Å²) in [6.07, 6.45) is 2.62. The number of primary amides is 1. The molecule has 1 amide bonds. The largest absolute Gasteiger partial charge is 0.370 e. The Hall–Kier alpha value is -1.70. The van der Waals surface area contributed by atoms with Crippen LogP contribution in [0.1, 0.15) is 25.7 Å². The normalized spacial score (nSPS) is 19.1. The van der Waals surface area contributed by atoms with E-state index in [1.807, 2.05) is 4.90 Å². The minimum atomic E-state index is -4.65. The highest BCUT2D eigenvalue weighted by Crippen LogP contribution is 2.32. The van der Waals surface area contributed by atoms with Crippen LogP contribution in [0.3, 0.4) is 0 Å². The van der Waals surface area contributed by atoms with Crippen LogP contribution in [-0.4, -0.2) is 33.2 Å². The standard InChI is InChI=1S/C15H20F2N2O3S/c16-15(17)23(21,22)13-6-2-1-5-12(13)19-9-3-4-11(10-19)7-8-14(18)20/h1-2,5-6,11,15H,3-4,7-10H2,(H2,18,20)/t11-/m1/s1. The lowest BCUT2D eigenvalue weighted by Gasteiger charge is -2.35. The van der Waals surface area contributed by atoms with Crippen molar-refractivity contribution in [2.75, 3.05) is 18.0 Å². The van der Waals surface area contributed by atoms with Gasteiger partial charge in [0.2, 0.25) is 15.7 Å². The third kappa shape index (κ3) is 4.19. The Labute approximate surface area is 134 Å². The number of sulfone groups is 1. The number of halogens is 2. The highest BCUT2D eigenvalue weighted by Gasteiger charge is 2.31. The number of alkyl halides is 2. The van der Waals surface area contributed by atoms with Gasteiger partial charge in [0, 0.05) is 19.5 Å². The van der Waals surface area contributed by atoms with Gasteiger partial charge in [-0.2, -0.15) is 8.78 Å². The lowest BCUT2D eigenvalue weighted by Crippen LogP contribution is -2.36. The molecule has 1 atom stereocenters. The van der Waals surface area contributed by atoms with Gasteiger partial charge in [0.15, 0.2) is 0 Å². The quantitative estimate of drug-likeness (QED) is 0.856. The Kier molecular flexibility index (Phi) is 5.56. The lowest BCUT2D eigenvalue weighted by molar-refractivity contribution is -0.118. The molecule has 0 aliphatic carbocycles. The van der Waals surface area contributed by atoms with Gasteiger partial charge in [-0.15, -0.1) is 0 Å². The number of anilines is 1. The Morgan fingerprint density at radius 3 is 2.70 bits per heavy atom. The lowest BCUT2D eigenvalue weighted by atomic mass is 9.93. The van der Waals surface area contributed by atoms with Crippen LogP contribution >= 0.6 is 0 Å². The molecule has 2 N–H and O–H groups in total. The van der Waals surface area contributed by atoms with E-state index in [0.29, 0.717) is 25.2 Å². The molecule has 8 heteroatoms. The number of benzene rings is 1. The smallest absolute Gasteiger partial charge is 0.341 e. The third-order valence-corrected chi connectivity index (χ3v) is 5.49. The second-order valence-corrected chi connectivity index (χ2v) is 7.62. The predicted molar refractivity (Wildman–Crippen MR) is 83.0 cm³/mol. The summed E-state index contributed by atoms with van der Waals surface area (Å²) in [6.45, 7) is 1.13. The topological polar surface area (TPSA) is 80.5 Å². The van der Waals surface area contributed by atoms with Crippen molar-refractivity contribution in [1.29, 1.82) is 0 Å². The van der Waals surface area contributed by atoms with Gasteiger partial charge in [-0.3, -0.25) is 4.79 Å². The second-order valence-electron chi connectivity index (χ2n) is 5.73. The summed E-state index contributed by atoms with van der Waals surface area (Å²) in [5.41, 5.74) is 5.46. The number of para-hydroxylation sites is 1. The molecule has 1 aromatic carbocycles. The zero-order valence-electron chi connectivity index (χ0n) is 12.6. The molecule has 1 aromatic rings. The summed E-state index contributed by atoms with van der Waals surface area (Å²) in [5, 5.41) is 0. The van der Waals surface area contributed by atoms with Gasteiger partial charge in [0.1, 0.15) is 0 Å². The van der Waals surface area contributed by atoms with E-state index in [-0.39, 0.29) is 23.1 Å². The van der Waals surface area contributed by atoms with E-state index in [4.69, 9.17) is 5.73 Å². The van der Waals surface area contributed by atoms with E-state index >= 15 is 0 Å². The fourth-order valence-electron chi connectivity index (χ4n) is 2.92. The van der Waals surface area contributed by atoms with E-state index in [1.165, 1.54) is 12.1 Å². The van der Waals surface area contributed by atoms with Gasteiger partial charge in [-0.05, 0) is 37.3 Å². The van der Waals surface area contributed by atoms with Gasteiger partial charge >= 0.3 is 5.76 Å². The zero-order chi connectivity index (χ0) is 17.0.